The maximum atomic E-state index is 3.95. The number of rotatable bonds is 5. The molecule has 0 radical (unpaired) electrons. The van der Waals surface area contributed by atoms with Gasteiger partial charge in [0, 0.05) is 23.2 Å². The molecule has 2 N–H and O–H groups in total. The summed E-state index contributed by atoms with van der Waals surface area (Å²) in [7, 11) is 0. The first-order valence-corrected chi connectivity index (χ1v) is 9.29. The van der Waals surface area contributed by atoms with Crippen LogP contribution in [0.5, 0.6) is 0 Å². The second-order valence-electron chi connectivity index (χ2n) is 9.34. The van der Waals surface area contributed by atoms with Gasteiger partial charge in [-0.25, -0.2) is 0 Å². The Morgan fingerprint density at radius 2 is 1.38 bits per heavy atom. The van der Waals surface area contributed by atoms with Crippen molar-refractivity contribution in [2.45, 2.75) is 116 Å². The maximum absolute atomic E-state index is 3.95. The summed E-state index contributed by atoms with van der Waals surface area (Å²) in [5.41, 5.74) is 0.563. The summed E-state index contributed by atoms with van der Waals surface area (Å²) < 4.78 is 0. The zero-order valence-electron chi connectivity index (χ0n) is 15.1. The lowest BCUT2D eigenvalue weighted by atomic mass is 9.78. The van der Waals surface area contributed by atoms with Crippen LogP contribution in [0.4, 0.5) is 0 Å². The number of hydrogen-bond donors (Lipinski definition) is 2. The molecular formula is C19H38N2. The van der Waals surface area contributed by atoms with Crippen LogP contribution >= 0.6 is 0 Å². The molecule has 2 aliphatic carbocycles. The van der Waals surface area contributed by atoms with Gasteiger partial charge >= 0.3 is 0 Å². The molecule has 0 aliphatic heterocycles. The van der Waals surface area contributed by atoms with Crippen molar-refractivity contribution < 1.29 is 0 Å². The van der Waals surface area contributed by atoms with Gasteiger partial charge in [0.1, 0.15) is 0 Å². The summed E-state index contributed by atoms with van der Waals surface area (Å²) in [6.07, 6.45) is 12.5. The highest BCUT2D eigenvalue weighted by Crippen LogP contribution is 2.32. The summed E-state index contributed by atoms with van der Waals surface area (Å²) >= 11 is 0. The van der Waals surface area contributed by atoms with E-state index in [9.17, 15) is 0 Å². The minimum absolute atomic E-state index is 0.254. The molecule has 2 rings (SSSR count). The molecule has 21 heavy (non-hydrogen) atoms. The largest absolute Gasteiger partial charge is 0.309 e. The minimum Gasteiger partial charge on any atom is -0.309 e. The minimum atomic E-state index is 0.254. The fourth-order valence-corrected chi connectivity index (χ4v) is 4.62. The molecule has 2 atom stereocenters. The van der Waals surface area contributed by atoms with Crippen molar-refractivity contribution in [3.63, 3.8) is 0 Å². The van der Waals surface area contributed by atoms with Crippen molar-refractivity contribution in [3.8, 4) is 0 Å². The van der Waals surface area contributed by atoms with Crippen molar-refractivity contribution in [3.05, 3.63) is 0 Å². The lowest BCUT2D eigenvalue weighted by molar-refractivity contribution is 0.190. The van der Waals surface area contributed by atoms with Gasteiger partial charge in [0.15, 0.2) is 0 Å². The van der Waals surface area contributed by atoms with Crippen LogP contribution in [-0.4, -0.2) is 23.2 Å². The highest BCUT2D eigenvalue weighted by molar-refractivity contribution is 4.90. The van der Waals surface area contributed by atoms with Crippen LogP contribution in [0.1, 0.15) is 92.4 Å². The van der Waals surface area contributed by atoms with Crippen LogP contribution in [0.15, 0.2) is 0 Å². The molecule has 0 bridgehead atoms. The lowest BCUT2D eigenvalue weighted by Crippen LogP contribution is -2.49. The molecule has 2 heteroatoms. The Balaban J connectivity index is 1.80. The van der Waals surface area contributed by atoms with Crippen LogP contribution in [0, 0.1) is 5.92 Å². The van der Waals surface area contributed by atoms with Crippen molar-refractivity contribution in [2.24, 2.45) is 5.92 Å². The van der Waals surface area contributed by atoms with E-state index in [2.05, 4.69) is 45.3 Å². The Morgan fingerprint density at radius 1 is 0.762 bits per heavy atom. The molecule has 0 amide bonds. The van der Waals surface area contributed by atoms with Gasteiger partial charge in [0.05, 0.1) is 0 Å². The first-order chi connectivity index (χ1) is 9.73. The van der Waals surface area contributed by atoms with Crippen molar-refractivity contribution >= 4 is 0 Å². The van der Waals surface area contributed by atoms with Gasteiger partial charge in [-0.3, -0.25) is 0 Å². The molecule has 0 heterocycles. The highest BCUT2D eigenvalue weighted by Gasteiger charge is 2.31. The van der Waals surface area contributed by atoms with E-state index in [-0.39, 0.29) is 5.54 Å². The molecule has 0 aromatic rings. The van der Waals surface area contributed by atoms with E-state index in [1.807, 2.05) is 0 Å². The van der Waals surface area contributed by atoms with E-state index in [4.69, 9.17) is 0 Å². The molecule has 2 nitrogen and oxygen atoms in total. The van der Waals surface area contributed by atoms with Gasteiger partial charge in [0.25, 0.3) is 0 Å². The smallest absolute Gasteiger partial charge is 0.0130 e. The Labute approximate surface area is 132 Å². The van der Waals surface area contributed by atoms with E-state index in [1.165, 1.54) is 57.8 Å². The second-order valence-corrected chi connectivity index (χ2v) is 9.34. The van der Waals surface area contributed by atoms with E-state index < -0.39 is 0 Å². The van der Waals surface area contributed by atoms with E-state index in [1.54, 1.807) is 0 Å². The van der Waals surface area contributed by atoms with Crippen molar-refractivity contribution in [2.75, 3.05) is 0 Å². The predicted molar refractivity (Wildman–Crippen MR) is 92.7 cm³/mol. The molecule has 0 aromatic carbocycles. The summed E-state index contributed by atoms with van der Waals surface area (Å²) in [5, 5.41) is 7.77. The Kier molecular flexibility index (Phi) is 5.76. The molecule has 0 spiro atoms. The molecule has 0 aromatic heterocycles. The summed E-state index contributed by atoms with van der Waals surface area (Å²) in [6.45, 7) is 11.7. The van der Waals surface area contributed by atoms with Gasteiger partial charge in [-0.15, -0.1) is 0 Å². The van der Waals surface area contributed by atoms with Crippen LogP contribution in [-0.2, 0) is 0 Å². The monoisotopic (exact) mass is 294 g/mol. The molecule has 2 unspecified atom stereocenters. The number of nitrogens with one attached hydrogen (secondary N) is 2. The van der Waals surface area contributed by atoms with Crippen LogP contribution in [0.25, 0.3) is 0 Å². The average molecular weight is 295 g/mol. The molecule has 124 valence electrons. The Hall–Kier alpha value is -0.0800. The lowest BCUT2D eigenvalue weighted by Gasteiger charge is -2.39. The molecule has 2 saturated carbocycles. The topological polar surface area (TPSA) is 24.1 Å². The first kappa shape index (κ1) is 17.3. The van der Waals surface area contributed by atoms with Crippen LogP contribution in [0.3, 0.4) is 0 Å². The SMILES string of the molecule is CC(C)(C)NC1CCCC(CC(C)(C)NC2CCCC2)C1. The van der Waals surface area contributed by atoms with E-state index in [0.29, 0.717) is 5.54 Å². The van der Waals surface area contributed by atoms with Crippen molar-refractivity contribution in [1.82, 2.24) is 10.6 Å². The third kappa shape index (κ3) is 6.28. The van der Waals surface area contributed by atoms with Gasteiger partial charge in [0.2, 0.25) is 0 Å². The van der Waals surface area contributed by atoms with Crippen molar-refractivity contribution in [1.29, 1.82) is 0 Å². The fourth-order valence-electron chi connectivity index (χ4n) is 4.62. The van der Waals surface area contributed by atoms with Gasteiger partial charge < -0.3 is 10.6 Å². The molecule has 2 aliphatic rings. The molecule has 0 saturated heterocycles. The average Bonchev–Trinajstić information content (AvgIpc) is 2.78. The fraction of sp³-hybridized carbons (Fsp3) is 1.00. The Morgan fingerprint density at radius 3 is 2.00 bits per heavy atom. The second kappa shape index (κ2) is 7.00. The third-order valence-electron chi connectivity index (χ3n) is 5.17. The molecular weight excluding hydrogens is 256 g/mol. The third-order valence-corrected chi connectivity index (χ3v) is 5.17. The van der Waals surface area contributed by atoms with Gasteiger partial charge in [-0.1, -0.05) is 25.7 Å². The quantitative estimate of drug-likeness (QED) is 0.772. The maximum Gasteiger partial charge on any atom is 0.0130 e. The summed E-state index contributed by atoms with van der Waals surface area (Å²) in [4.78, 5) is 0. The zero-order valence-corrected chi connectivity index (χ0v) is 15.1. The zero-order chi connectivity index (χ0) is 15.5. The van der Waals surface area contributed by atoms with Crippen LogP contribution < -0.4 is 10.6 Å². The molecule has 2 fully saturated rings. The van der Waals surface area contributed by atoms with E-state index >= 15 is 0 Å². The standard InChI is InChI=1S/C19H38N2/c1-18(2,3)20-17-12-8-9-15(13-17)14-19(4,5)21-16-10-6-7-11-16/h15-17,20-21H,6-14H2,1-5H3. The van der Waals surface area contributed by atoms with Gasteiger partial charge in [-0.05, 0) is 72.6 Å². The van der Waals surface area contributed by atoms with E-state index in [0.717, 1.165) is 18.0 Å². The number of hydrogen-bond acceptors (Lipinski definition) is 2. The first-order valence-electron chi connectivity index (χ1n) is 9.29. The predicted octanol–water partition coefficient (Wildman–Crippen LogP) is 4.63. The van der Waals surface area contributed by atoms with Crippen LogP contribution in [0.2, 0.25) is 0 Å². The summed E-state index contributed by atoms with van der Waals surface area (Å²) in [5.74, 6) is 0.891. The normalized spacial score (nSPS) is 29.0. The Bertz CT molecular complexity index is 310. The van der Waals surface area contributed by atoms with Gasteiger partial charge in [-0.2, -0.15) is 0 Å². The highest BCUT2D eigenvalue weighted by atomic mass is 15.0. The summed E-state index contributed by atoms with van der Waals surface area (Å²) in [6, 6.07) is 1.51.